The Morgan fingerprint density at radius 1 is 1.14 bits per heavy atom. The van der Waals surface area contributed by atoms with Crippen LogP contribution in [0.4, 0.5) is 0 Å². The van der Waals surface area contributed by atoms with Crippen LogP contribution < -0.4 is 5.56 Å². The van der Waals surface area contributed by atoms with Crippen molar-refractivity contribution in [1.82, 2.24) is 14.9 Å². The van der Waals surface area contributed by atoms with E-state index in [4.69, 9.17) is 4.98 Å². The van der Waals surface area contributed by atoms with Crippen LogP contribution in [0.2, 0.25) is 0 Å². The summed E-state index contributed by atoms with van der Waals surface area (Å²) in [5.74, 6) is 0.731. The number of aromatic nitrogens is 2. The van der Waals surface area contributed by atoms with Crippen LogP contribution in [0.3, 0.4) is 0 Å². The molecule has 29 heavy (non-hydrogen) atoms. The van der Waals surface area contributed by atoms with Crippen molar-refractivity contribution < 1.29 is 0 Å². The summed E-state index contributed by atoms with van der Waals surface area (Å²) in [6, 6.07) is 21.2. The molecular formula is C24H23N3OS. The molecule has 1 N–H and O–H groups in total. The van der Waals surface area contributed by atoms with Crippen LogP contribution in [0.25, 0.3) is 20.7 Å². The van der Waals surface area contributed by atoms with Gasteiger partial charge in [-0.2, -0.15) is 0 Å². The van der Waals surface area contributed by atoms with E-state index in [0.29, 0.717) is 18.0 Å². The highest BCUT2D eigenvalue weighted by Crippen LogP contribution is 2.34. The zero-order valence-electron chi connectivity index (χ0n) is 16.4. The van der Waals surface area contributed by atoms with Crippen LogP contribution in [0.15, 0.2) is 65.5 Å². The van der Waals surface area contributed by atoms with Gasteiger partial charge in [-0.15, -0.1) is 11.3 Å². The standard InChI is InChI=1S/C24H23N3OS/c1-27(20-13-7-11-16-8-5-6-12-18(16)20)15-22-25-23(28)19-14-21(29-24(19)26-22)17-9-3-2-4-10-17/h2-6,8-10,12,14,20H,7,11,13,15H2,1H3,(H,25,26,28)/t20-/m0/s1. The van der Waals surface area contributed by atoms with Gasteiger partial charge < -0.3 is 4.98 Å². The highest BCUT2D eigenvalue weighted by Gasteiger charge is 2.24. The van der Waals surface area contributed by atoms with Crippen LogP contribution in [0.1, 0.15) is 35.8 Å². The Balaban J connectivity index is 1.45. The van der Waals surface area contributed by atoms with E-state index in [1.807, 2.05) is 24.3 Å². The molecule has 0 fully saturated rings. The lowest BCUT2D eigenvalue weighted by atomic mass is 9.87. The van der Waals surface area contributed by atoms with Gasteiger partial charge in [-0.05, 0) is 49.1 Å². The van der Waals surface area contributed by atoms with E-state index in [1.165, 1.54) is 17.5 Å². The SMILES string of the molecule is CN(Cc1nc2sc(-c3ccccc3)cc2c(=O)[nH]1)[C@H]1CCCc2ccccc21. The minimum atomic E-state index is -0.0547. The number of thiophene rings is 1. The Labute approximate surface area is 173 Å². The van der Waals surface area contributed by atoms with E-state index in [0.717, 1.165) is 33.9 Å². The summed E-state index contributed by atoms with van der Waals surface area (Å²) in [6.07, 6.45) is 3.48. The van der Waals surface area contributed by atoms with Gasteiger partial charge in [0.05, 0.1) is 11.9 Å². The fourth-order valence-electron chi connectivity index (χ4n) is 4.33. The molecule has 0 aliphatic heterocycles. The van der Waals surface area contributed by atoms with Crippen LogP contribution >= 0.6 is 11.3 Å². The number of hydrogen-bond donors (Lipinski definition) is 1. The molecule has 2 aromatic heterocycles. The molecule has 1 aliphatic rings. The first-order valence-corrected chi connectivity index (χ1v) is 10.9. The summed E-state index contributed by atoms with van der Waals surface area (Å²) in [5, 5.41) is 0.670. The summed E-state index contributed by atoms with van der Waals surface area (Å²) in [7, 11) is 2.13. The molecule has 0 unspecified atom stereocenters. The number of rotatable bonds is 4. The Kier molecular flexibility index (Phi) is 4.78. The Morgan fingerprint density at radius 3 is 2.79 bits per heavy atom. The van der Waals surface area contributed by atoms with Crippen molar-refractivity contribution in [2.45, 2.75) is 31.8 Å². The van der Waals surface area contributed by atoms with Crippen LogP contribution in [0.5, 0.6) is 0 Å². The van der Waals surface area contributed by atoms with Crippen LogP contribution in [0, 0.1) is 0 Å². The molecule has 4 aromatic rings. The molecule has 0 spiro atoms. The molecule has 146 valence electrons. The number of hydrogen-bond acceptors (Lipinski definition) is 4. The number of aryl methyl sites for hydroxylation is 1. The first-order chi connectivity index (χ1) is 14.2. The van der Waals surface area contributed by atoms with E-state index >= 15 is 0 Å². The highest BCUT2D eigenvalue weighted by atomic mass is 32.1. The van der Waals surface area contributed by atoms with E-state index in [2.05, 4.69) is 53.3 Å². The quantitative estimate of drug-likeness (QED) is 0.514. The maximum Gasteiger partial charge on any atom is 0.259 e. The zero-order valence-corrected chi connectivity index (χ0v) is 17.2. The second kappa shape index (κ2) is 7.58. The molecular weight excluding hydrogens is 378 g/mol. The summed E-state index contributed by atoms with van der Waals surface area (Å²) in [5.41, 5.74) is 3.92. The van der Waals surface area contributed by atoms with Gasteiger partial charge in [0.15, 0.2) is 0 Å². The largest absolute Gasteiger partial charge is 0.309 e. The number of H-pyrrole nitrogens is 1. The number of benzene rings is 2. The summed E-state index contributed by atoms with van der Waals surface area (Å²) >= 11 is 1.58. The third-order valence-electron chi connectivity index (χ3n) is 5.78. The van der Waals surface area contributed by atoms with Crippen LogP contribution in [-0.2, 0) is 13.0 Å². The van der Waals surface area contributed by atoms with E-state index in [-0.39, 0.29) is 5.56 Å². The molecule has 1 atom stereocenters. The Bertz CT molecular complexity index is 1210. The maximum atomic E-state index is 12.7. The monoisotopic (exact) mass is 401 g/mol. The first-order valence-electron chi connectivity index (χ1n) is 10.1. The van der Waals surface area contributed by atoms with Gasteiger partial charge in [0, 0.05) is 10.9 Å². The third kappa shape index (κ3) is 3.52. The summed E-state index contributed by atoms with van der Waals surface area (Å²) < 4.78 is 0. The molecule has 5 rings (SSSR count). The van der Waals surface area contributed by atoms with Crippen molar-refractivity contribution in [2.24, 2.45) is 0 Å². The van der Waals surface area contributed by atoms with E-state index in [1.54, 1.807) is 11.3 Å². The van der Waals surface area contributed by atoms with Crippen molar-refractivity contribution in [1.29, 1.82) is 0 Å². The van der Waals surface area contributed by atoms with Gasteiger partial charge in [-0.3, -0.25) is 9.69 Å². The first kappa shape index (κ1) is 18.3. The maximum absolute atomic E-state index is 12.7. The molecule has 0 radical (unpaired) electrons. The second-order valence-electron chi connectivity index (χ2n) is 7.73. The molecule has 0 bridgehead atoms. The van der Waals surface area contributed by atoms with Crippen molar-refractivity contribution in [3.63, 3.8) is 0 Å². The number of nitrogens with one attached hydrogen (secondary N) is 1. The van der Waals surface area contributed by atoms with E-state index < -0.39 is 0 Å². The van der Waals surface area contributed by atoms with Gasteiger partial charge >= 0.3 is 0 Å². The van der Waals surface area contributed by atoms with Crippen molar-refractivity contribution in [2.75, 3.05) is 7.05 Å². The number of aromatic amines is 1. The highest BCUT2D eigenvalue weighted by molar-refractivity contribution is 7.21. The van der Waals surface area contributed by atoms with Gasteiger partial charge in [0.25, 0.3) is 5.56 Å². The molecule has 1 aliphatic carbocycles. The fraction of sp³-hybridized carbons (Fsp3) is 0.250. The molecule has 2 aromatic carbocycles. The predicted molar refractivity (Wildman–Crippen MR) is 119 cm³/mol. The van der Waals surface area contributed by atoms with Gasteiger partial charge in [0.2, 0.25) is 0 Å². The van der Waals surface area contributed by atoms with Crippen LogP contribution in [-0.4, -0.2) is 21.9 Å². The lowest BCUT2D eigenvalue weighted by Crippen LogP contribution is -2.29. The lowest BCUT2D eigenvalue weighted by molar-refractivity contribution is 0.208. The Hall–Kier alpha value is -2.76. The fourth-order valence-corrected chi connectivity index (χ4v) is 5.38. The van der Waals surface area contributed by atoms with Gasteiger partial charge in [0.1, 0.15) is 10.7 Å². The lowest BCUT2D eigenvalue weighted by Gasteiger charge is -2.33. The number of fused-ring (bicyclic) bond motifs is 2. The molecule has 2 heterocycles. The minimum Gasteiger partial charge on any atom is -0.309 e. The zero-order chi connectivity index (χ0) is 19.8. The Morgan fingerprint density at radius 2 is 1.93 bits per heavy atom. The van der Waals surface area contributed by atoms with Crippen molar-refractivity contribution in [3.8, 4) is 10.4 Å². The van der Waals surface area contributed by atoms with E-state index in [9.17, 15) is 4.79 Å². The van der Waals surface area contributed by atoms with Gasteiger partial charge in [-0.25, -0.2) is 4.98 Å². The molecule has 0 amide bonds. The third-order valence-corrected chi connectivity index (χ3v) is 6.86. The average molecular weight is 402 g/mol. The summed E-state index contributed by atoms with van der Waals surface area (Å²) in [4.78, 5) is 24.7. The molecule has 0 saturated heterocycles. The topological polar surface area (TPSA) is 49.0 Å². The van der Waals surface area contributed by atoms with Gasteiger partial charge in [-0.1, -0.05) is 54.6 Å². The summed E-state index contributed by atoms with van der Waals surface area (Å²) in [6.45, 7) is 0.628. The van der Waals surface area contributed by atoms with Crippen molar-refractivity contribution >= 4 is 21.6 Å². The average Bonchev–Trinajstić information content (AvgIpc) is 3.19. The second-order valence-corrected chi connectivity index (χ2v) is 8.76. The molecule has 0 saturated carbocycles. The predicted octanol–water partition coefficient (Wildman–Crippen LogP) is 5.16. The minimum absolute atomic E-state index is 0.0547. The molecule has 4 nitrogen and oxygen atoms in total. The smallest absolute Gasteiger partial charge is 0.259 e. The molecule has 5 heteroatoms. The number of nitrogens with zero attached hydrogens (tertiary/aromatic N) is 2. The van der Waals surface area contributed by atoms with Crippen molar-refractivity contribution in [3.05, 3.63) is 88.0 Å². The normalized spacial score (nSPS) is 16.3.